The van der Waals surface area contributed by atoms with E-state index in [1.165, 1.54) is 0 Å². The molecular formula is C24H12Cl4N4O8. The Morgan fingerprint density at radius 3 is 1.07 bits per heavy atom. The summed E-state index contributed by atoms with van der Waals surface area (Å²) in [5.74, 6) is -8.92. The highest BCUT2D eigenvalue weighted by molar-refractivity contribution is 6.56. The Labute approximate surface area is 244 Å². The van der Waals surface area contributed by atoms with Gasteiger partial charge in [0.15, 0.2) is 47.9 Å². The monoisotopic (exact) mass is 624 g/mol. The summed E-state index contributed by atoms with van der Waals surface area (Å²) >= 11 is 20.5. The fourth-order valence-corrected chi connectivity index (χ4v) is 2.84. The van der Waals surface area contributed by atoms with Crippen molar-refractivity contribution in [3.8, 4) is 12.1 Å². The third-order valence-corrected chi connectivity index (χ3v) is 5.54. The largest absolute Gasteiger partial charge is 0.869 e. The van der Waals surface area contributed by atoms with Gasteiger partial charge in [-0.3, -0.25) is 19.2 Å². The molecule has 0 aromatic carbocycles. The number of nitriles is 2. The molecule has 4 N–H and O–H groups in total. The number of halogens is 4. The minimum atomic E-state index is -1.19. The lowest BCUT2D eigenvalue weighted by Crippen LogP contribution is -2.26. The Bertz CT molecular complexity index is 1310. The second-order valence-electron chi connectivity index (χ2n) is 6.73. The molecule has 2 aliphatic carbocycles. The standard InChI is InChI=1S/2C6H2Cl2O4.2C6H4N2/c2*7-1-3(9)5(11)2(8)6(12)4(1)10;2*7-5-6-1-3-8-4-2-6/h2*9,12H;2*1-4H. The van der Waals surface area contributed by atoms with Crippen LogP contribution in [0.15, 0.2) is 92.2 Å². The van der Waals surface area contributed by atoms with Crippen molar-refractivity contribution in [2.45, 2.75) is 0 Å². The third-order valence-electron chi connectivity index (χ3n) is 4.15. The fraction of sp³-hybridized carbons (Fsp3) is 0. The molecule has 0 fully saturated rings. The number of ketones is 4. The van der Waals surface area contributed by atoms with E-state index >= 15 is 0 Å². The number of aromatic amines is 2. The molecule has 40 heavy (non-hydrogen) atoms. The Hall–Kier alpha value is -4.72. The molecule has 0 saturated heterocycles. The zero-order chi connectivity index (χ0) is 30.6. The molecule has 0 amide bonds. The van der Waals surface area contributed by atoms with Gasteiger partial charge in [0.2, 0.25) is 11.6 Å². The SMILES string of the molecule is N#Cc1cc[nH+]cc1.N#Cc1cc[nH+]cc1.O=C1C(O)=C(Cl)C(=O)C([O-])=C1Cl.O=C1C(O)=C(Cl)C(=O)C([O-])=C1Cl. The van der Waals surface area contributed by atoms with Crippen LogP contribution in [0, 0.1) is 22.7 Å². The summed E-state index contributed by atoms with van der Waals surface area (Å²) in [4.78, 5) is 48.6. The first-order valence-corrected chi connectivity index (χ1v) is 11.5. The highest BCUT2D eigenvalue weighted by Crippen LogP contribution is 2.25. The van der Waals surface area contributed by atoms with E-state index in [1.807, 2.05) is 12.1 Å². The van der Waals surface area contributed by atoms with Gasteiger partial charge < -0.3 is 20.4 Å². The van der Waals surface area contributed by atoms with Crippen molar-refractivity contribution < 1.29 is 49.6 Å². The molecule has 0 saturated carbocycles. The van der Waals surface area contributed by atoms with Crippen LogP contribution < -0.4 is 20.2 Å². The second-order valence-corrected chi connectivity index (χ2v) is 8.24. The number of allylic oxidation sites excluding steroid dienone is 4. The molecule has 0 bridgehead atoms. The maximum Gasteiger partial charge on any atom is 0.239 e. The van der Waals surface area contributed by atoms with Gasteiger partial charge in [0.1, 0.15) is 10.1 Å². The van der Waals surface area contributed by atoms with Crippen molar-refractivity contribution in [3.63, 3.8) is 0 Å². The third kappa shape index (κ3) is 8.66. The zero-order valence-electron chi connectivity index (χ0n) is 19.4. The van der Waals surface area contributed by atoms with Gasteiger partial charge in [-0.2, -0.15) is 10.5 Å². The lowest BCUT2D eigenvalue weighted by atomic mass is 10.1. The van der Waals surface area contributed by atoms with Crippen molar-refractivity contribution >= 4 is 69.5 Å². The molecular weight excluding hydrogens is 614 g/mol. The summed E-state index contributed by atoms with van der Waals surface area (Å²) in [7, 11) is 0. The molecule has 2 aromatic rings. The molecule has 2 aromatic heterocycles. The summed E-state index contributed by atoms with van der Waals surface area (Å²) in [6, 6.07) is 10.9. The topological polar surface area (TPSA) is 231 Å². The number of carbonyl (C=O) groups excluding carboxylic acids is 4. The van der Waals surface area contributed by atoms with Crippen molar-refractivity contribution in [1.29, 1.82) is 10.5 Å². The van der Waals surface area contributed by atoms with Crippen LogP contribution in [-0.2, 0) is 19.2 Å². The minimum Gasteiger partial charge on any atom is -0.869 e. The normalized spacial score (nSPS) is 14.7. The molecule has 0 aliphatic heterocycles. The number of rotatable bonds is 0. The summed E-state index contributed by atoms with van der Waals surface area (Å²) in [6.07, 6.45) is 6.88. The summed E-state index contributed by atoms with van der Waals surface area (Å²) in [5, 5.41) is 52.4. The fourth-order valence-electron chi connectivity index (χ4n) is 2.15. The van der Waals surface area contributed by atoms with Gasteiger partial charge >= 0.3 is 0 Å². The molecule has 0 atom stereocenters. The number of nitrogens with one attached hydrogen (secondary N) is 2. The molecule has 2 aliphatic rings. The van der Waals surface area contributed by atoms with Crippen molar-refractivity contribution in [2.24, 2.45) is 0 Å². The summed E-state index contributed by atoms with van der Waals surface area (Å²) < 4.78 is 0. The number of hydrogen-bond donors (Lipinski definition) is 2. The number of carbonyl (C=O) groups is 4. The number of nitrogens with zero attached hydrogens (tertiary/aromatic N) is 2. The van der Waals surface area contributed by atoms with E-state index in [0.29, 0.717) is 11.1 Å². The van der Waals surface area contributed by atoms with Gasteiger partial charge in [-0.1, -0.05) is 46.4 Å². The Morgan fingerprint density at radius 2 is 0.850 bits per heavy atom. The van der Waals surface area contributed by atoms with Crippen LogP contribution in [0.3, 0.4) is 0 Å². The molecule has 0 spiro atoms. The quantitative estimate of drug-likeness (QED) is 0.388. The van der Waals surface area contributed by atoms with Gasteiger partial charge in [0.05, 0.1) is 33.3 Å². The summed E-state index contributed by atoms with van der Waals surface area (Å²) in [6.45, 7) is 0. The Kier molecular flexibility index (Phi) is 13.0. The van der Waals surface area contributed by atoms with Gasteiger partial charge in [0, 0.05) is 24.3 Å². The van der Waals surface area contributed by atoms with E-state index in [9.17, 15) is 29.4 Å². The van der Waals surface area contributed by atoms with Crippen LogP contribution in [0.4, 0.5) is 0 Å². The van der Waals surface area contributed by atoms with Crippen LogP contribution in [0.5, 0.6) is 0 Å². The molecule has 2 heterocycles. The number of aliphatic hydroxyl groups excluding tert-OH is 2. The molecule has 16 heteroatoms. The van der Waals surface area contributed by atoms with Crippen LogP contribution in [-0.4, -0.2) is 33.3 Å². The number of Topliss-reactive ketones (excluding diaryl/α,β-unsaturated/α-hetero) is 4. The number of hydrogen-bond acceptors (Lipinski definition) is 10. The molecule has 204 valence electrons. The van der Waals surface area contributed by atoms with Crippen LogP contribution in [0.2, 0.25) is 0 Å². The van der Waals surface area contributed by atoms with Crippen molar-refractivity contribution in [3.05, 3.63) is 103 Å². The highest BCUT2D eigenvalue weighted by Gasteiger charge is 2.29. The van der Waals surface area contributed by atoms with E-state index in [-0.39, 0.29) is 0 Å². The number of aliphatic hydroxyl groups is 2. The second kappa shape index (κ2) is 15.6. The maximum absolute atomic E-state index is 10.8. The zero-order valence-corrected chi connectivity index (χ0v) is 22.4. The lowest BCUT2D eigenvalue weighted by molar-refractivity contribution is -0.378. The molecule has 12 nitrogen and oxygen atoms in total. The van der Waals surface area contributed by atoms with Crippen LogP contribution in [0.25, 0.3) is 0 Å². The van der Waals surface area contributed by atoms with E-state index in [0.717, 1.165) is 0 Å². The Balaban J connectivity index is 0.000000271. The van der Waals surface area contributed by atoms with Gasteiger partial charge in [-0.15, -0.1) is 0 Å². The van der Waals surface area contributed by atoms with E-state index in [4.69, 9.17) is 67.1 Å². The number of aromatic nitrogens is 2. The predicted octanol–water partition coefficient (Wildman–Crippen LogP) is 0.659. The van der Waals surface area contributed by atoms with Gasteiger partial charge in [-0.25, -0.2) is 9.97 Å². The van der Waals surface area contributed by atoms with Gasteiger partial charge in [-0.05, 0) is 11.5 Å². The highest BCUT2D eigenvalue weighted by atomic mass is 35.5. The maximum atomic E-state index is 10.8. The predicted molar refractivity (Wildman–Crippen MR) is 132 cm³/mol. The van der Waals surface area contributed by atoms with Crippen LogP contribution in [0.1, 0.15) is 11.1 Å². The number of pyridine rings is 2. The van der Waals surface area contributed by atoms with E-state index < -0.39 is 66.3 Å². The average molecular weight is 626 g/mol. The Morgan fingerprint density at radius 1 is 0.575 bits per heavy atom. The first-order chi connectivity index (χ1) is 18.8. The molecule has 0 unspecified atom stereocenters. The van der Waals surface area contributed by atoms with Gasteiger partial charge in [0.25, 0.3) is 0 Å². The average Bonchev–Trinajstić information content (AvgIpc) is 3.00. The first-order valence-electron chi connectivity index (χ1n) is 10.0. The van der Waals surface area contributed by atoms with E-state index in [2.05, 4.69) is 9.97 Å². The van der Waals surface area contributed by atoms with Crippen molar-refractivity contribution in [1.82, 2.24) is 0 Å². The van der Waals surface area contributed by atoms with Crippen LogP contribution >= 0.6 is 46.4 Å². The molecule has 4 rings (SSSR count). The summed E-state index contributed by atoms with van der Waals surface area (Å²) in [5.41, 5.74) is 1.37. The first kappa shape index (κ1) is 33.3. The van der Waals surface area contributed by atoms with E-state index in [1.54, 1.807) is 49.1 Å². The lowest BCUT2D eigenvalue weighted by Gasteiger charge is -2.17. The smallest absolute Gasteiger partial charge is 0.239 e. The number of H-pyrrole nitrogens is 2. The minimum absolute atomic E-state index is 0.684. The van der Waals surface area contributed by atoms with Crippen molar-refractivity contribution in [2.75, 3.05) is 0 Å². The molecule has 0 radical (unpaired) electrons.